The maximum atomic E-state index is 12.4. The minimum absolute atomic E-state index is 0.155. The lowest BCUT2D eigenvalue weighted by Gasteiger charge is -2.13. The highest BCUT2D eigenvalue weighted by Gasteiger charge is 2.35. The number of para-hydroxylation sites is 2. The standard InChI is InChI=1S/C18H17N3O4S/c1-11-7-8-12(26-11)9-14-17(23)21(18(24)20-14)10-16(22)19-13-5-3-4-6-15(13)25-2/h3-9H,10H2,1-2H3,(H,19,22)(H,20,24)/b14-9+. The zero-order chi connectivity index (χ0) is 18.7. The monoisotopic (exact) mass is 371 g/mol. The van der Waals surface area contributed by atoms with E-state index in [1.807, 2.05) is 19.1 Å². The predicted octanol–water partition coefficient (Wildman–Crippen LogP) is 2.60. The first-order chi connectivity index (χ1) is 12.5. The van der Waals surface area contributed by atoms with Gasteiger partial charge in [-0.15, -0.1) is 11.3 Å². The molecule has 1 aliphatic heterocycles. The first kappa shape index (κ1) is 17.7. The van der Waals surface area contributed by atoms with Crippen LogP contribution in [0, 0.1) is 6.92 Å². The van der Waals surface area contributed by atoms with Crippen molar-refractivity contribution in [3.05, 3.63) is 51.8 Å². The molecule has 1 aromatic heterocycles. The van der Waals surface area contributed by atoms with E-state index in [0.717, 1.165) is 14.7 Å². The van der Waals surface area contributed by atoms with Crippen molar-refractivity contribution >= 4 is 40.9 Å². The number of urea groups is 1. The number of anilines is 1. The van der Waals surface area contributed by atoms with Gasteiger partial charge in [0.2, 0.25) is 5.91 Å². The summed E-state index contributed by atoms with van der Waals surface area (Å²) in [7, 11) is 1.49. The number of thiophene rings is 1. The molecule has 1 saturated heterocycles. The average Bonchev–Trinajstić information content (AvgIpc) is 3.13. The normalized spacial score (nSPS) is 15.3. The molecule has 4 amide bonds. The third-order valence-electron chi connectivity index (χ3n) is 3.69. The van der Waals surface area contributed by atoms with Crippen LogP contribution in [0.2, 0.25) is 0 Å². The fraction of sp³-hybridized carbons (Fsp3) is 0.167. The third-order valence-corrected chi connectivity index (χ3v) is 4.64. The molecule has 3 rings (SSSR count). The number of imide groups is 1. The highest BCUT2D eigenvalue weighted by Crippen LogP contribution is 2.23. The Morgan fingerprint density at radius 2 is 2.04 bits per heavy atom. The fourth-order valence-electron chi connectivity index (χ4n) is 2.47. The highest BCUT2D eigenvalue weighted by molar-refractivity contribution is 7.12. The van der Waals surface area contributed by atoms with Gasteiger partial charge in [0.15, 0.2) is 0 Å². The minimum atomic E-state index is -0.621. The van der Waals surface area contributed by atoms with Gasteiger partial charge < -0.3 is 15.4 Å². The molecule has 7 nitrogen and oxygen atoms in total. The van der Waals surface area contributed by atoms with Crippen LogP contribution in [0.4, 0.5) is 10.5 Å². The largest absolute Gasteiger partial charge is 0.495 e. The summed E-state index contributed by atoms with van der Waals surface area (Å²) in [6.07, 6.45) is 1.61. The number of rotatable bonds is 5. The summed E-state index contributed by atoms with van der Waals surface area (Å²) < 4.78 is 5.16. The summed E-state index contributed by atoms with van der Waals surface area (Å²) in [5.74, 6) is -0.533. The van der Waals surface area contributed by atoms with Crippen LogP contribution in [0.15, 0.2) is 42.1 Å². The molecule has 0 atom stereocenters. The van der Waals surface area contributed by atoms with Crippen LogP contribution in [0.25, 0.3) is 6.08 Å². The molecule has 1 fully saturated rings. The van der Waals surface area contributed by atoms with Crippen LogP contribution >= 0.6 is 11.3 Å². The number of nitrogens with one attached hydrogen (secondary N) is 2. The lowest BCUT2D eigenvalue weighted by atomic mass is 10.3. The van der Waals surface area contributed by atoms with E-state index in [1.165, 1.54) is 18.4 Å². The molecule has 2 aromatic rings. The van der Waals surface area contributed by atoms with Crippen LogP contribution < -0.4 is 15.4 Å². The molecule has 8 heteroatoms. The quantitative estimate of drug-likeness (QED) is 0.625. The number of ether oxygens (including phenoxy) is 1. The fourth-order valence-corrected chi connectivity index (χ4v) is 3.29. The summed E-state index contributed by atoms with van der Waals surface area (Å²) >= 11 is 1.51. The lowest BCUT2D eigenvalue weighted by Crippen LogP contribution is -2.38. The van der Waals surface area contributed by atoms with E-state index in [-0.39, 0.29) is 12.2 Å². The van der Waals surface area contributed by atoms with Crippen LogP contribution in [0.5, 0.6) is 5.75 Å². The highest BCUT2D eigenvalue weighted by atomic mass is 32.1. The molecule has 0 radical (unpaired) electrons. The maximum absolute atomic E-state index is 12.4. The van der Waals surface area contributed by atoms with E-state index in [9.17, 15) is 14.4 Å². The van der Waals surface area contributed by atoms with Crippen molar-refractivity contribution in [2.75, 3.05) is 19.0 Å². The second-order valence-electron chi connectivity index (χ2n) is 5.58. The molecule has 1 aliphatic rings. The van der Waals surface area contributed by atoms with Gasteiger partial charge in [0.1, 0.15) is 18.0 Å². The van der Waals surface area contributed by atoms with Crippen molar-refractivity contribution in [2.24, 2.45) is 0 Å². The number of carbonyl (C=O) groups is 3. The number of hydrogen-bond donors (Lipinski definition) is 2. The number of methoxy groups -OCH3 is 1. The average molecular weight is 371 g/mol. The summed E-state index contributed by atoms with van der Waals surface area (Å²) in [4.78, 5) is 39.5. The second-order valence-corrected chi connectivity index (χ2v) is 6.90. The molecule has 0 spiro atoms. The van der Waals surface area contributed by atoms with Gasteiger partial charge in [-0.3, -0.25) is 9.59 Å². The summed E-state index contributed by atoms with van der Waals surface area (Å²) in [5, 5.41) is 5.15. The van der Waals surface area contributed by atoms with Crippen LogP contribution in [-0.2, 0) is 9.59 Å². The van der Waals surface area contributed by atoms with E-state index >= 15 is 0 Å². The van der Waals surface area contributed by atoms with Gasteiger partial charge in [-0.2, -0.15) is 0 Å². The minimum Gasteiger partial charge on any atom is -0.495 e. The number of nitrogens with zero attached hydrogens (tertiary/aromatic N) is 1. The molecule has 134 valence electrons. The van der Waals surface area contributed by atoms with Crippen LogP contribution in [-0.4, -0.2) is 36.4 Å². The van der Waals surface area contributed by atoms with Crippen LogP contribution in [0.3, 0.4) is 0 Å². The number of carbonyl (C=O) groups excluding carboxylic acids is 3. The number of aryl methyl sites for hydroxylation is 1. The molecule has 1 aromatic carbocycles. The summed E-state index contributed by atoms with van der Waals surface area (Å²) in [6, 6.07) is 10.1. The number of hydrogen-bond acceptors (Lipinski definition) is 5. The smallest absolute Gasteiger partial charge is 0.329 e. The van der Waals surface area contributed by atoms with E-state index in [0.29, 0.717) is 11.4 Å². The molecule has 0 aliphatic carbocycles. The molecular weight excluding hydrogens is 354 g/mol. The molecule has 0 bridgehead atoms. The molecule has 0 saturated carbocycles. The molecular formula is C18H17N3O4S. The lowest BCUT2D eigenvalue weighted by molar-refractivity contribution is -0.127. The Morgan fingerprint density at radius 3 is 2.73 bits per heavy atom. The van der Waals surface area contributed by atoms with E-state index in [1.54, 1.807) is 30.3 Å². The van der Waals surface area contributed by atoms with Crippen molar-refractivity contribution in [1.29, 1.82) is 0 Å². The van der Waals surface area contributed by atoms with Gasteiger partial charge in [-0.05, 0) is 37.3 Å². The predicted molar refractivity (Wildman–Crippen MR) is 98.9 cm³/mol. The maximum Gasteiger partial charge on any atom is 0.329 e. The van der Waals surface area contributed by atoms with Gasteiger partial charge in [0, 0.05) is 9.75 Å². The third kappa shape index (κ3) is 3.75. The van der Waals surface area contributed by atoms with Gasteiger partial charge >= 0.3 is 6.03 Å². The Labute approximate surface area is 154 Å². The van der Waals surface area contributed by atoms with Gasteiger partial charge in [0.05, 0.1) is 12.8 Å². The molecule has 2 N–H and O–H groups in total. The molecule has 26 heavy (non-hydrogen) atoms. The number of amides is 4. The summed E-state index contributed by atoms with van der Waals surface area (Å²) in [6.45, 7) is 1.57. The van der Waals surface area contributed by atoms with Gasteiger partial charge in [0.25, 0.3) is 5.91 Å². The van der Waals surface area contributed by atoms with E-state index in [4.69, 9.17) is 4.74 Å². The van der Waals surface area contributed by atoms with Crippen LogP contribution in [0.1, 0.15) is 9.75 Å². The van der Waals surface area contributed by atoms with Crippen molar-refractivity contribution in [1.82, 2.24) is 10.2 Å². The van der Waals surface area contributed by atoms with E-state index in [2.05, 4.69) is 10.6 Å². The zero-order valence-electron chi connectivity index (χ0n) is 14.2. The second kappa shape index (κ2) is 7.40. The van der Waals surface area contributed by atoms with Crippen molar-refractivity contribution in [2.45, 2.75) is 6.92 Å². The first-order valence-corrected chi connectivity index (χ1v) is 8.63. The topological polar surface area (TPSA) is 87.7 Å². The van der Waals surface area contributed by atoms with Crippen molar-refractivity contribution in [3.63, 3.8) is 0 Å². The van der Waals surface area contributed by atoms with Crippen molar-refractivity contribution in [3.8, 4) is 5.75 Å². The Balaban J connectivity index is 1.69. The van der Waals surface area contributed by atoms with Crippen molar-refractivity contribution < 1.29 is 19.1 Å². The first-order valence-electron chi connectivity index (χ1n) is 7.82. The summed E-state index contributed by atoms with van der Waals surface area (Å²) in [5.41, 5.74) is 0.624. The molecule has 2 heterocycles. The molecule has 0 unspecified atom stereocenters. The Kier molecular flexibility index (Phi) is 5.04. The SMILES string of the molecule is COc1ccccc1NC(=O)CN1C(=O)N/C(=C/c2ccc(C)s2)C1=O. The van der Waals surface area contributed by atoms with Gasteiger partial charge in [-0.25, -0.2) is 9.69 Å². The number of benzene rings is 1. The zero-order valence-corrected chi connectivity index (χ0v) is 15.1. The van der Waals surface area contributed by atoms with E-state index < -0.39 is 17.8 Å². The Morgan fingerprint density at radius 1 is 1.27 bits per heavy atom. The van der Waals surface area contributed by atoms with Gasteiger partial charge in [-0.1, -0.05) is 12.1 Å². The Bertz CT molecular complexity index is 903. The Hall–Kier alpha value is -3.13.